The van der Waals surface area contributed by atoms with Crippen molar-refractivity contribution >= 4 is 47.0 Å². The van der Waals surface area contributed by atoms with Gasteiger partial charge in [0.15, 0.2) is 28.9 Å². The summed E-state index contributed by atoms with van der Waals surface area (Å²) in [4.78, 5) is 27.8. The molecule has 3 aromatic rings. The number of carbonyl (C=O) groups is 1. The summed E-state index contributed by atoms with van der Waals surface area (Å²) in [5.41, 5.74) is 4.24. The Balaban J connectivity index is 1.58. The highest BCUT2D eigenvalue weighted by molar-refractivity contribution is 8.56. The van der Waals surface area contributed by atoms with Crippen molar-refractivity contribution in [3.63, 3.8) is 0 Å². The Kier molecular flexibility index (Phi) is 9.80. The van der Waals surface area contributed by atoms with Gasteiger partial charge in [0.25, 0.3) is 0 Å². The van der Waals surface area contributed by atoms with E-state index in [-0.39, 0.29) is 17.7 Å². The van der Waals surface area contributed by atoms with Crippen LogP contribution in [-0.2, 0) is 23.4 Å². The number of aliphatic hydroxyl groups excluding tert-OH is 1. The van der Waals surface area contributed by atoms with Crippen molar-refractivity contribution in [2.24, 2.45) is 0 Å². The number of carbonyl (C=O) groups excluding carboxylic acids is 1. The number of fused-ring (bicyclic) bond motifs is 1. The Bertz CT molecular complexity index is 1450. The van der Waals surface area contributed by atoms with E-state index in [2.05, 4.69) is 20.0 Å². The second kappa shape index (κ2) is 12.8. The first-order chi connectivity index (χ1) is 19.8. The van der Waals surface area contributed by atoms with E-state index in [0.29, 0.717) is 22.8 Å². The number of ether oxygens (including phenoxy) is 2. The fourth-order valence-electron chi connectivity index (χ4n) is 4.36. The summed E-state index contributed by atoms with van der Waals surface area (Å²) >= 11 is 0.881. The molecule has 0 bridgehead atoms. The summed E-state index contributed by atoms with van der Waals surface area (Å²) in [5, 5.41) is 13.7. The minimum Gasteiger partial charge on any atom is -0.462 e. The zero-order chi connectivity index (χ0) is 30.8. The van der Waals surface area contributed by atoms with Crippen LogP contribution in [0.1, 0.15) is 40.8 Å². The van der Waals surface area contributed by atoms with Crippen LogP contribution in [0, 0.1) is 0 Å². The molecule has 0 amide bonds. The minimum absolute atomic E-state index is 0.0337. The number of nitrogen functional groups attached to an aromatic ring is 1. The molecule has 16 heteroatoms. The van der Waals surface area contributed by atoms with Gasteiger partial charge in [0, 0.05) is 18.5 Å². The molecule has 1 fully saturated rings. The van der Waals surface area contributed by atoms with Crippen LogP contribution in [0.15, 0.2) is 41.6 Å². The molecule has 42 heavy (non-hydrogen) atoms. The van der Waals surface area contributed by atoms with Gasteiger partial charge in [0.2, 0.25) is 5.95 Å². The number of aliphatic hydroxyl groups is 1. The molecule has 1 aromatic carbocycles. The van der Waals surface area contributed by atoms with E-state index in [1.54, 1.807) is 44.2 Å². The highest BCUT2D eigenvalue weighted by atomic mass is 32.7. The maximum absolute atomic E-state index is 16.1. The normalized spacial score (nSPS) is 24.5. The van der Waals surface area contributed by atoms with Gasteiger partial charge in [-0.3, -0.25) is 13.9 Å². The maximum Gasteiger partial charge on any atom is 0.332 e. The standard InChI is InChI=1S/C26H37FN7O6PS/c1-7-33(6)21-19-22(31-25(28)30-21)34(14-29-19)24-26(5,27)20(35)18(40-24)13-38-41(37,42-17-11-9-8-10-12-17)32-16(4)23(36)39-15(2)3/h8-12,14-16,18,20,24,35H,7,13H2,1-6H3,(H,32,37)(H2,28,30,31)/t16-,18?,20+,24+,26+,41?/m0/s1. The van der Waals surface area contributed by atoms with Gasteiger partial charge in [-0.1, -0.05) is 18.2 Å². The Morgan fingerprint density at radius 3 is 2.67 bits per heavy atom. The fourth-order valence-corrected chi connectivity index (χ4v) is 8.19. The topological polar surface area (TPSA) is 167 Å². The summed E-state index contributed by atoms with van der Waals surface area (Å²) in [6.45, 7) is 4.32. The molecule has 1 aliphatic heterocycles. The number of aromatic nitrogens is 4. The SMILES string of the molecule is CCN(C)c1nc(N)nc2c1ncn2[C@@H]1OC(COP(=O)(N[C@@H](C)C(=O)OC(C)C)Sc2ccccc2)[C@@H](O)[C@@]1(C)F. The van der Waals surface area contributed by atoms with Gasteiger partial charge in [-0.2, -0.15) is 9.97 Å². The van der Waals surface area contributed by atoms with Crippen LogP contribution in [0.3, 0.4) is 0 Å². The van der Waals surface area contributed by atoms with Crippen molar-refractivity contribution in [1.29, 1.82) is 0 Å². The van der Waals surface area contributed by atoms with Gasteiger partial charge >= 0.3 is 12.7 Å². The number of hydrogen-bond donors (Lipinski definition) is 3. The Labute approximate surface area is 247 Å². The maximum atomic E-state index is 16.1. The summed E-state index contributed by atoms with van der Waals surface area (Å²) in [6, 6.07) is 7.82. The van der Waals surface area contributed by atoms with Gasteiger partial charge in [-0.25, -0.2) is 14.5 Å². The Morgan fingerprint density at radius 1 is 1.33 bits per heavy atom. The largest absolute Gasteiger partial charge is 0.462 e. The molecular formula is C26H37FN7O6PS. The molecule has 2 aromatic heterocycles. The van der Waals surface area contributed by atoms with Crippen LogP contribution in [0.25, 0.3) is 11.2 Å². The molecule has 4 rings (SSSR count). The smallest absolute Gasteiger partial charge is 0.332 e. The van der Waals surface area contributed by atoms with Gasteiger partial charge in [-0.15, -0.1) is 0 Å². The first-order valence-corrected chi connectivity index (χ1v) is 16.5. The predicted molar refractivity (Wildman–Crippen MR) is 158 cm³/mol. The van der Waals surface area contributed by atoms with E-state index >= 15 is 4.39 Å². The number of halogens is 1. The summed E-state index contributed by atoms with van der Waals surface area (Å²) in [7, 11) is 1.81. The number of anilines is 2. The molecule has 0 aliphatic carbocycles. The summed E-state index contributed by atoms with van der Waals surface area (Å²) < 4.78 is 48.5. The van der Waals surface area contributed by atoms with Gasteiger partial charge in [0.05, 0.1) is 19.0 Å². The monoisotopic (exact) mass is 625 g/mol. The van der Waals surface area contributed by atoms with Gasteiger partial charge < -0.3 is 29.7 Å². The lowest BCUT2D eigenvalue weighted by molar-refractivity contribution is -0.149. The molecule has 6 atom stereocenters. The zero-order valence-corrected chi connectivity index (χ0v) is 26.0. The molecule has 13 nitrogen and oxygen atoms in total. The van der Waals surface area contributed by atoms with Crippen molar-refractivity contribution in [2.75, 3.05) is 30.8 Å². The predicted octanol–water partition coefficient (Wildman–Crippen LogP) is 3.70. The lowest BCUT2D eigenvalue weighted by Gasteiger charge is -2.25. The molecule has 1 saturated heterocycles. The zero-order valence-electron chi connectivity index (χ0n) is 24.3. The van der Waals surface area contributed by atoms with Crippen LogP contribution in [-0.4, -0.2) is 80.8 Å². The second-order valence-electron chi connectivity index (χ2n) is 10.4. The third-order valence-electron chi connectivity index (χ3n) is 6.66. The van der Waals surface area contributed by atoms with Crippen LogP contribution in [0.5, 0.6) is 0 Å². The molecule has 1 aliphatic rings. The molecular weight excluding hydrogens is 588 g/mol. The van der Waals surface area contributed by atoms with E-state index in [1.807, 2.05) is 18.9 Å². The number of rotatable bonds is 12. The van der Waals surface area contributed by atoms with Crippen LogP contribution >= 0.6 is 18.1 Å². The number of esters is 1. The van der Waals surface area contributed by atoms with Crippen molar-refractivity contribution < 1.29 is 32.9 Å². The molecule has 0 radical (unpaired) electrons. The first kappa shape index (κ1) is 32.1. The molecule has 230 valence electrons. The van der Waals surface area contributed by atoms with E-state index in [1.165, 1.54) is 24.7 Å². The number of nitrogens with zero attached hydrogens (tertiary/aromatic N) is 5. The third kappa shape index (κ3) is 6.87. The molecule has 0 spiro atoms. The molecule has 2 unspecified atom stereocenters. The number of hydrogen-bond acceptors (Lipinski definition) is 12. The van der Waals surface area contributed by atoms with E-state index in [0.717, 1.165) is 11.4 Å². The highest BCUT2D eigenvalue weighted by Crippen LogP contribution is 2.60. The number of nitrogens with one attached hydrogen (secondary N) is 1. The van der Waals surface area contributed by atoms with E-state index in [4.69, 9.17) is 19.7 Å². The second-order valence-corrected chi connectivity index (χ2v) is 14.6. The number of nitrogens with two attached hydrogens (primary N) is 1. The van der Waals surface area contributed by atoms with E-state index < -0.39 is 49.4 Å². The van der Waals surface area contributed by atoms with Crippen molar-refractivity contribution in [3.8, 4) is 0 Å². The van der Waals surface area contributed by atoms with Crippen molar-refractivity contribution in [3.05, 3.63) is 36.7 Å². The quantitative estimate of drug-likeness (QED) is 0.197. The van der Waals surface area contributed by atoms with E-state index in [9.17, 15) is 14.5 Å². The number of imidazole rings is 1. The number of alkyl halides is 1. The molecule has 4 N–H and O–H groups in total. The van der Waals surface area contributed by atoms with Gasteiger partial charge in [0.1, 0.15) is 18.2 Å². The summed E-state index contributed by atoms with van der Waals surface area (Å²) in [6.07, 6.45) is -3.29. The minimum atomic E-state index is -3.87. The Hall–Kier alpha value is -2.81. The lowest BCUT2D eigenvalue weighted by Crippen LogP contribution is -2.41. The van der Waals surface area contributed by atoms with Crippen LogP contribution < -0.4 is 15.7 Å². The van der Waals surface area contributed by atoms with Gasteiger partial charge in [-0.05, 0) is 58.1 Å². The average Bonchev–Trinajstić information content (AvgIpc) is 3.44. The average molecular weight is 626 g/mol. The third-order valence-corrected chi connectivity index (χ3v) is 10.6. The summed E-state index contributed by atoms with van der Waals surface area (Å²) in [5.74, 6) is -0.182. The van der Waals surface area contributed by atoms with Crippen LogP contribution in [0.2, 0.25) is 0 Å². The number of benzene rings is 1. The molecule has 0 saturated carbocycles. The van der Waals surface area contributed by atoms with Crippen molar-refractivity contribution in [2.45, 2.75) is 75.8 Å². The van der Waals surface area contributed by atoms with Crippen molar-refractivity contribution in [1.82, 2.24) is 24.6 Å². The van der Waals surface area contributed by atoms with Crippen LogP contribution in [0.4, 0.5) is 16.2 Å². The Morgan fingerprint density at radius 2 is 2.02 bits per heavy atom. The molecule has 3 heterocycles. The highest BCUT2D eigenvalue weighted by Gasteiger charge is 2.56. The first-order valence-electron chi connectivity index (χ1n) is 13.5. The fraction of sp³-hybridized carbons (Fsp3) is 0.538. The lowest BCUT2D eigenvalue weighted by atomic mass is 9.98.